The van der Waals surface area contributed by atoms with Crippen molar-refractivity contribution in [2.45, 2.75) is 31.7 Å². The summed E-state index contributed by atoms with van der Waals surface area (Å²) < 4.78 is 5.43. The Morgan fingerprint density at radius 3 is 2.80 bits per heavy atom. The third kappa shape index (κ3) is 3.12. The quantitative estimate of drug-likeness (QED) is 0.901. The maximum atomic E-state index is 12.2. The van der Waals surface area contributed by atoms with Gasteiger partial charge < -0.3 is 15.0 Å². The molecule has 0 bridgehead atoms. The van der Waals surface area contributed by atoms with Gasteiger partial charge in [0.15, 0.2) is 0 Å². The molecule has 0 spiro atoms. The zero-order valence-electron chi connectivity index (χ0n) is 11.8. The molecule has 2 aliphatic rings. The smallest absolute Gasteiger partial charge is 0.410 e. The first-order valence-electron chi connectivity index (χ1n) is 7.58. The van der Waals surface area contributed by atoms with Crippen molar-refractivity contribution in [1.29, 1.82) is 0 Å². The second kappa shape index (κ2) is 6.27. The molecular weight excluding hydrogens is 252 g/mol. The highest BCUT2D eigenvalue weighted by molar-refractivity contribution is 5.70. The number of ether oxygens (including phenoxy) is 1. The number of rotatable bonds is 2. The van der Waals surface area contributed by atoms with Gasteiger partial charge in [0.05, 0.1) is 0 Å². The molecule has 0 saturated carbocycles. The first-order valence-corrected chi connectivity index (χ1v) is 7.58. The van der Waals surface area contributed by atoms with Crippen LogP contribution in [-0.4, -0.2) is 36.7 Å². The maximum Gasteiger partial charge on any atom is 0.415 e. The number of carbonyl (C=O) groups is 1. The molecule has 0 aromatic heterocycles. The van der Waals surface area contributed by atoms with Gasteiger partial charge in [-0.25, -0.2) is 4.79 Å². The van der Waals surface area contributed by atoms with E-state index in [1.165, 1.54) is 19.3 Å². The average molecular weight is 274 g/mol. The summed E-state index contributed by atoms with van der Waals surface area (Å²) in [5, 5.41) is 3.56. The number of piperidine rings is 1. The Balaban J connectivity index is 1.57. The predicted octanol–water partition coefficient (Wildman–Crippen LogP) is 2.65. The summed E-state index contributed by atoms with van der Waals surface area (Å²) in [6.07, 6.45) is 4.58. The van der Waals surface area contributed by atoms with Crippen LogP contribution in [0.1, 0.15) is 25.7 Å². The molecule has 1 aromatic carbocycles. The Hall–Kier alpha value is -1.55. The van der Waals surface area contributed by atoms with Crippen LogP contribution in [0.25, 0.3) is 0 Å². The van der Waals surface area contributed by atoms with E-state index in [9.17, 15) is 4.79 Å². The highest BCUT2D eigenvalue weighted by Crippen LogP contribution is 2.25. The number of nitrogens with zero attached hydrogens (tertiary/aromatic N) is 1. The van der Waals surface area contributed by atoms with Gasteiger partial charge in [0, 0.05) is 19.1 Å². The SMILES string of the molecule is O=C(Oc1ccccc1)N1CCCC(C2CCCN2)C1. The molecule has 2 aliphatic heterocycles. The molecule has 4 nitrogen and oxygen atoms in total. The zero-order chi connectivity index (χ0) is 13.8. The number of hydrogen-bond acceptors (Lipinski definition) is 3. The van der Waals surface area contributed by atoms with Gasteiger partial charge in [-0.2, -0.15) is 0 Å². The highest BCUT2D eigenvalue weighted by atomic mass is 16.6. The molecule has 20 heavy (non-hydrogen) atoms. The van der Waals surface area contributed by atoms with E-state index in [4.69, 9.17) is 4.74 Å². The van der Waals surface area contributed by atoms with Crippen molar-refractivity contribution in [3.05, 3.63) is 30.3 Å². The van der Waals surface area contributed by atoms with Gasteiger partial charge in [-0.3, -0.25) is 0 Å². The zero-order valence-corrected chi connectivity index (χ0v) is 11.8. The van der Waals surface area contributed by atoms with Crippen LogP contribution in [-0.2, 0) is 0 Å². The van der Waals surface area contributed by atoms with Crippen LogP contribution in [0, 0.1) is 5.92 Å². The molecule has 2 atom stereocenters. The summed E-state index contributed by atoms with van der Waals surface area (Å²) in [5.74, 6) is 1.20. The Kier molecular flexibility index (Phi) is 4.21. The van der Waals surface area contributed by atoms with Gasteiger partial charge in [-0.05, 0) is 50.3 Å². The summed E-state index contributed by atoms with van der Waals surface area (Å²) >= 11 is 0. The number of benzene rings is 1. The highest BCUT2D eigenvalue weighted by Gasteiger charge is 2.31. The Morgan fingerprint density at radius 1 is 1.20 bits per heavy atom. The second-order valence-electron chi connectivity index (χ2n) is 5.73. The molecule has 3 rings (SSSR count). The summed E-state index contributed by atoms with van der Waals surface area (Å²) in [6.45, 7) is 2.76. The van der Waals surface area contributed by atoms with Crippen molar-refractivity contribution in [1.82, 2.24) is 10.2 Å². The van der Waals surface area contributed by atoms with Gasteiger partial charge in [0.2, 0.25) is 0 Å². The fourth-order valence-corrected chi connectivity index (χ4v) is 3.27. The van der Waals surface area contributed by atoms with Crippen molar-refractivity contribution in [3.63, 3.8) is 0 Å². The average Bonchev–Trinajstić information content (AvgIpc) is 3.03. The molecule has 108 valence electrons. The third-order valence-electron chi connectivity index (χ3n) is 4.33. The van der Waals surface area contributed by atoms with Gasteiger partial charge in [0.1, 0.15) is 5.75 Å². The topological polar surface area (TPSA) is 41.6 Å². The number of carbonyl (C=O) groups excluding carboxylic acids is 1. The summed E-state index contributed by atoms with van der Waals surface area (Å²) in [5.41, 5.74) is 0. The molecule has 1 amide bonds. The van der Waals surface area contributed by atoms with E-state index in [1.807, 2.05) is 35.2 Å². The number of hydrogen-bond donors (Lipinski definition) is 1. The number of para-hydroxylation sites is 1. The van der Waals surface area contributed by atoms with Crippen LogP contribution in [0.4, 0.5) is 4.79 Å². The first-order chi connectivity index (χ1) is 9.83. The lowest BCUT2D eigenvalue weighted by Gasteiger charge is -2.35. The lowest BCUT2D eigenvalue weighted by molar-refractivity contribution is 0.118. The van der Waals surface area contributed by atoms with Gasteiger partial charge >= 0.3 is 6.09 Å². The monoisotopic (exact) mass is 274 g/mol. The normalized spacial score (nSPS) is 26.5. The molecule has 1 N–H and O–H groups in total. The molecule has 2 saturated heterocycles. The van der Waals surface area contributed by atoms with E-state index in [-0.39, 0.29) is 6.09 Å². The van der Waals surface area contributed by atoms with E-state index in [0.29, 0.717) is 17.7 Å². The number of amides is 1. The first kappa shape index (κ1) is 13.4. The number of likely N-dealkylation sites (tertiary alicyclic amines) is 1. The van der Waals surface area contributed by atoms with Crippen molar-refractivity contribution in [2.75, 3.05) is 19.6 Å². The molecule has 2 heterocycles. The lowest BCUT2D eigenvalue weighted by atomic mass is 9.90. The Labute approximate surface area is 120 Å². The third-order valence-corrected chi connectivity index (χ3v) is 4.33. The van der Waals surface area contributed by atoms with E-state index < -0.39 is 0 Å². The fourth-order valence-electron chi connectivity index (χ4n) is 3.27. The molecular formula is C16H22N2O2. The summed E-state index contributed by atoms with van der Waals surface area (Å²) in [4.78, 5) is 14.1. The molecule has 0 aliphatic carbocycles. The van der Waals surface area contributed by atoms with Crippen molar-refractivity contribution in [3.8, 4) is 5.75 Å². The Morgan fingerprint density at radius 2 is 2.05 bits per heavy atom. The van der Waals surface area contributed by atoms with Gasteiger partial charge in [0.25, 0.3) is 0 Å². The van der Waals surface area contributed by atoms with Crippen LogP contribution in [0.2, 0.25) is 0 Å². The molecule has 1 aromatic rings. The molecule has 4 heteroatoms. The second-order valence-corrected chi connectivity index (χ2v) is 5.73. The lowest BCUT2D eigenvalue weighted by Crippen LogP contribution is -2.46. The van der Waals surface area contributed by atoms with Crippen LogP contribution >= 0.6 is 0 Å². The van der Waals surface area contributed by atoms with Crippen LogP contribution < -0.4 is 10.1 Å². The molecule has 0 radical (unpaired) electrons. The minimum absolute atomic E-state index is 0.209. The number of nitrogens with one attached hydrogen (secondary N) is 1. The maximum absolute atomic E-state index is 12.2. The molecule has 2 fully saturated rings. The molecule has 2 unspecified atom stereocenters. The van der Waals surface area contributed by atoms with Crippen LogP contribution in [0.5, 0.6) is 5.75 Å². The van der Waals surface area contributed by atoms with E-state index in [1.54, 1.807) is 0 Å². The van der Waals surface area contributed by atoms with Crippen molar-refractivity contribution < 1.29 is 9.53 Å². The predicted molar refractivity (Wildman–Crippen MR) is 77.8 cm³/mol. The van der Waals surface area contributed by atoms with E-state index in [2.05, 4.69) is 5.32 Å². The van der Waals surface area contributed by atoms with Gasteiger partial charge in [-0.15, -0.1) is 0 Å². The van der Waals surface area contributed by atoms with Crippen molar-refractivity contribution in [2.24, 2.45) is 5.92 Å². The minimum atomic E-state index is -0.209. The standard InChI is InChI=1S/C16H22N2O2/c19-16(20-14-7-2-1-3-8-14)18-11-5-6-13(12-18)15-9-4-10-17-15/h1-3,7-8,13,15,17H,4-6,9-12H2. The van der Waals surface area contributed by atoms with E-state index >= 15 is 0 Å². The van der Waals surface area contributed by atoms with Crippen LogP contribution in [0.3, 0.4) is 0 Å². The summed E-state index contributed by atoms with van der Waals surface area (Å²) in [6, 6.07) is 9.89. The van der Waals surface area contributed by atoms with E-state index in [0.717, 1.165) is 26.1 Å². The van der Waals surface area contributed by atoms with Crippen LogP contribution in [0.15, 0.2) is 30.3 Å². The Bertz CT molecular complexity index is 443. The largest absolute Gasteiger partial charge is 0.415 e. The minimum Gasteiger partial charge on any atom is -0.410 e. The summed E-state index contributed by atoms with van der Waals surface area (Å²) in [7, 11) is 0. The fraction of sp³-hybridized carbons (Fsp3) is 0.562. The van der Waals surface area contributed by atoms with Crippen molar-refractivity contribution >= 4 is 6.09 Å². The van der Waals surface area contributed by atoms with Gasteiger partial charge in [-0.1, -0.05) is 18.2 Å².